The predicted octanol–water partition coefficient (Wildman–Crippen LogP) is 5.08. The standard InChI is InChI=1S/C28H30N2O3/c1-29-16-17-30(33-26-15-13-22-8-3-5-10-24(22)20-26)27(11-6-18-31)28(29)32-25-14-12-21-7-2-4-9-23(21)19-25/h2-5,7-10,12-15,19-20,27-28,31H,6,11,16-18H2,1H3. The molecule has 0 radical (unpaired) electrons. The molecular weight excluding hydrogens is 412 g/mol. The van der Waals surface area contributed by atoms with Crippen LogP contribution in [-0.4, -0.2) is 54.1 Å². The summed E-state index contributed by atoms with van der Waals surface area (Å²) < 4.78 is 6.55. The van der Waals surface area contributed by atoms with Gasteiger partial charge in [-0.15, -0.1) is 5.06 Å². The van der Waals surface area contributed by atoms with Gasteiger partial charge in [0.2, 0.25) is 0 Å². The fourth-order valence-electron chi connectivity index (χ4n) is 4.59. The maximum Gasteiger partial charge on any atom is 0.171 e. The molecule has 5 rings (SSSR count). The number of hydrogen-bond acceptors (Lipinski definition) is 5. The number of rotatable bonds is 7. The predicted molar refractivity (Wildman–Crippen MR) is 132 cm³/mol. The molecule has 4 aromatic carbocycles. The van der Waals surface area contributed by atoms with Gasteiger partial charge in [0.25, 0.3) is 0 Å². The molecule has 1 N–H and O–H groups in total. The van der Waals surface area contributed by atoms with Crippen molar-refractivity contribution in [1.82, 2.24) is 9.96 Å². The highest BCUT2D eigenvalue weighted by atomic mass is 16.7. The van der Waals surface area contributed by atoms with Crippen LogP contribution in [0.1, 0.15) is 12.8 Å². The smallest absolute Gasteiger partial charge is 0.171 e. The van der Waals surface area contributed by atoms with Crippen molar-refractivity contribution >= 4 is 21.5 Å². The Morgan fingerprint density at radius 1 is 0.788 bits per heavy atom. The molecule has 2 atom stereocenters. The number of hydrogen-bond donors (Lipinski definition) is 1. The first kappa shape index (κ1) is 21.7. The van der Waals surface area contributed by atoms with Crippen LogP contribution in [0, 0.1) is 0 Å². The van der Waals surface area contributed by atoms with Gasteiger partial charge in [-0.1, -0.05) is 60.7 Å². The number of aliphatic hydroxyl groups excluding tert-OH is 1. The molecule has 0 aliphatic carbocycles. The maximum absolute atomic E-state index is 9.54. The van der Waals surface area contributed by atoms with Crippen molar-refractivity contribution in [3.05, 3.63) is 84.9 Å². The van der Waals surface area contributed by atoms with Crippen molar-refractivity contribution in [2.75, 3.05) is 26.7 Å². The topological polar surface area (TPSA) is 45.2 Å². The summed E-state index contributed by atoms with van der Waals surface area (Å²) in [5.41, 5.74) is 0. The molecule has 1 aliphatic heterocycles. The summed E-state index contributed by atoms with van der Waals surface area (Å²) in [6.45, 7) is 1.73. The summed E-state index contributed by atoms with van der Waals surface area (Å²) in [4.78, 5) is 8.64. The molecule has 5 heteroatoms. The summed E-state index contributed by atoms with van der Waals surface area (Å²) in [7, 11) is 2.09. The van der Waals surface area contributed by atoms with Crippen LogP contribution in [0.25, 0.3) is 21.5 Å². The molecule has 0 bridgehead atoms. The summed E-state index contributed by atoms with van der Waals surface area (Å²) in [6, 6.07) is 29.0. The average Bonchev–Trinajstić information content (AvgIpc) is 2.85. The Balaban J connectivity index is 1.40. The molecule has 1 fully saturated rings. The second-order valence-corrected chi connectivity index (χ2v) is 8.67. The Bertz CT molecular complexity index is 1230. The van der Waals surface area contributed by atoms with Gasteiger partial charge in [0.05, 0.1) is 6.04 Å². The van der Waals surface area contributed by atoms with Gasteiger partial charge in [-0.05, 0) is 65.7 Å². The molecule has 170 valence electrons. The summed E-state index contributed by atoms with van der Waals surface area (Å²) in [5, 5.41) is 16.3. The lowest BCUT2D eigenvalue weighted by Crippen LogP contribution is -2.61. The highest BCUT2D eigenvalue weighted by Gasteiger charge is 2.38. The minimum atomic E-state index is -0.188. The molecule has 5 nitrogen and oxygen atoms in total. The van der Waals surface area contributed by atoms with Crippen LogP contribution < -0.4 is 9.57 Å². The number of benzene rings is 4. The van der Waals surface area contributed by atoms with E-state index < -0.39 is 0 Å². The van der Waals surface area contributed by atoms with Crippen LogP contribution >= 0.6 is 0 Å². The summed E-state index contributed by atoms with van der Waals surface area (Å²) >= 11 is 0. The van der Waals surface area contributed by atoms with Gasteiger partial charge in [-0.25, -0.2) is 0 Å². The van der Waals surface area contributed by atoms with Crippen LogP contribution in [0.5, 0.6) is 11.5 Å². The van der Waals surface area contributed by atoms with E-state index in [9.17, 15) is 5.11 Å². The van der Waals surface area contributed by atoms with Crippen molar-refractivity contribution < 1.29 is 14.7 Å². The van der Waals surface area contributed by atoms with Crippen LogP contribution in [0.15, 0.2) is 84.9 Å². The summed E-state index contributed by atoms with van der Waals surface area (Å²) in [6.07, 6.45) is 1.27. The highest BCUT2D eigenvalue weighted by Crippen LogP contribution is 2.29. The molecule has 0 saturated carbocycles. The minimum absolute atomic E-state index is 0.0196. The van der Waals surface area contributed by atoms with Crippen LogP contribution in [0.4, 0.5) is 0 Å². The van der Waals surface area contributed by atoms with E-state index in [1.807, 2.05) is 41.5 Å². The zero-order valence-corrected chi connectivity index (χ0v) is 18.9. The number of hydroxylamine groups is 2. The number of aliphatic hydroxyl groups is 1. The lowest BCUT2D eigenvalue weighted by molar-refractivity contribution is -0.185. The number of nitrogens with zero attached hydrogens (tertiary/aromatic N) is 2. The van der Waals surface area contributed by atoms with E-state index in [0.29, 0.717) is 6.42 Å². The van der Waals surface area contributed by atoms with E-state index in [-0.39, 0.29) is 18.9 Å². The molecule has 0 amide bonds. The van der Waals surface area contributed by atoms with Crippen molar-refractivity contribution in [2.45, 2.75) is 25.1 Å². The van der Waals surface area contributed by atoms with Gasteiger partial charge in [0.15, 0.2) is 6.23 Å². The summed E-state index contributed by atoms with van der Waals surface area (Å²) in [5.74, 6) is 1.66. The van der Waals surface area contributed by atoms with E-state index in [1.165, 1.54) is 10.8 Å². The van der Waals surface area contributed by atoms with E-state index in [4.69, 9.17) is 9.57 Å². The third-order valence-electron chi connectivity index (χ3n) is 6.39. The zero-order chi connectivity index (χ0) is 22.6. The van der Waals surface area contributed by atoms with Crippen molar-refractivity contribution in [3.8, 4) is 11.5 Å². The SMILES string of the molecule is CN1CCN(Oc2ccc3ccccc3c2)C(CCCO)C1Oc1ccc2ccccc2c1. The van der Waals surface area contributed by atoms with E-state index in [0.717, 1.165) is 41.8 Å². The number of piperazine rings is 1. The number of ether oxygens (including phenoxy) is 1. The van der Waals surface area contributed by atoms with Gasteiger partial charge in [0.1, 0.15) is 11.5 Å². The Morgan fingerprint density at radius 3 is 2.06 bits per heavy atom. The second-order valence-electron chi connectivity index (χ2n) is 8.67. The molecule has 4 aromatic rings. The molecule has 2 unspecified atom stereocenters. The van der Waals surface area contributed by atoms with Gasteiger partial charge < -0.3 is 14.7 Å². The van der Waals surface area contributed by atoms with Crippen LogP contribution in [0.2, 0.25) is 0 Å². The molecule has 1 aliphatic rings. The average molecular weight is 443 g/mol. The molecule has 1 heterocycles. The third kappa shape index (κ3) is 4.81. The third-order valence-corrected chi connectivity index (χ3v) is 6.39. The normalized spacial score (nSPS) is 19.7. The molecule has 0 aromatic heterocycles. The quantitative estimate of drug-likeness (QED) is 0.432. The largest absolute Gasteiger partial charge is 0.473 e. The zero-order valence-electron chi connectivity index (χ0n) is 18.9. The molecule has 1 saturated heterocycles. The van der Waals surface area contributed by atoms with Crippen molar-refractivity contribution in [2.24, 2.45) is 0 Å². The minimum Gasteiger partial charge on any atom is -0.473 e. The fourth-order valence-corrected chi connectivity index (χ4v) is 4.59. The monoisotopic (exact) mass is 442 g/mol. The Kier molecular flexibility index (Phi) is 6.44. The fraction of sp³-hybridized carbons (Fsp3) is 0.286. The molecule has 0 spiro atoms. The Labute approximate surface area is 194 Å². The lowest BCUT2D eigenvalue weighted by Gasteiger charge is -2.44. The Morgan fingerprint density at radius 2 is 1.39 bits per heavy atom. The molecular formula is C28H30N2O3. The van der Waals surface area contributed by atoms with Gasteiger partial charge >= 0.3 is 0 Å². The van der Waals surface area contributed by atoms with Gasteiger partial charge in [-0.2, -0.15) is 0 Å². The van der Waals surface area contributed by atoms with E-state index in [2.05, 4.69) is 60.5 Å². The second kappa shape index (κ2) is 9.79. The van der Waals surface area contributed by atoms with E-state index in [1.54, 1.807) is 0 Å². The number of fused-ring (bicyclic) bond motifs is 2. The lowest BCUT2D eigenvalue weighted by atomic mass is 10.1. The van der Waals surface area contributed by atoms with Gasteiger partial charge in [0, 0.05) is 19.7 Å². The number of likely N-dealkylation sites (N-methyl/N-ethyl adjacent to an activating group) is 1. The first-order chi connectivity index (χ1) is 16.2. The van der Waals surface area contributed by atoms with Crippen molar-refractivity contribution in [1.29, 1.82) is 0 Å². The highest BCUT2D eigenvalue weighted by molar-refractivity contribution is 5.84. The molecule has 33 heavy (non-hydrogen) atoms. The Hall–Kier alpha value is -3.12. The van der Waals surface area contributed by atoms with E-state index >= 15 is 0 Å². The van der Waals surface area contributed by atoms with Crippen molar-refractivity contribution in [3.63, 3.8) is 0 Å². The van der Waals surface area contributed by atoms with Gasteiger partial charge in [-0.3, -0.25) is 4.90 Å². The van der Waals surface area contributed by atoms with Crippen LogP contribution in [-0.2, 0) is 0 Å². The maximum atomic E-state index is 9.54. The first-order valence-electron chi connectivity index (χ1n) is 11.6. The first-order valence-corrected chi connectivity index (χ1v) is 11.6. The van der Waals surface area contributed by atoms with Crippen LogP contribution in [0.3, 0.4) is 0 Å².